The summed E-state index contributed by atoms with van der Waals surface area (Å²) < 4.78 is 0. The summed E-state index contributed by atoms with van der Waals surface area (Å²) in [5.41, 5.74) is 9.75. The van der Waals surface area contributed by atoms with E-state index >= 15 is 0 Å². The third kappa shape index (κ3) is 2.60. The van der Waals surface area contributed by atoms with Gasteiger partial charge in [0.2, 0.25) is 0 Å². The van der Waals surface area contributed by atoms with E-state index in [1.165, 1.54) is 49.1 Å². The number of aryl methyl sites for hydroxylation is 2. The van der Waals surface area contributed by atoms with Gasteiger partial charge in [0.25, 0.3) is 0 Å². The molecule has 3 atom stereocenters. The summed E-state index contributed by atoms with van der Waals surface area (Å²) in [6.07, 6.45) is 8.61. The van der Waals surface area contributed by atoms with Crippen molar-refractivity contribution in [3.8, 4) is 0 Å². The normalized spacial score (nSPS) is 29.4. The summed E-state index contributed by atoms with van der Waals surface area (Å²) in [6.45, 7) is 5.26. The molecule has 20 heavy (non-hydrogen) atoms. The van der Waals surface area contributed by atoms with Gasteiger partial charge in [-0.2, -0.15) is 0 Å². The van der Waals surface area contributed by atoms with E-state index < -0.39 is 0 Å². The van der Waals surface area contributed by atoms with Crippen LogP contribution < -0.4 is 5.73 Å². The molecule has 2 N–H and O–H groups in total. The van der Waals surface area contributed by atoms with E-state index in [0.29, 0.717) is 11.8 Å². The SMILES string of the molecule is CCC1CCC(c2nc(C)c3c(n2)CCC(CN)C3)C1. The zero-order valence-corrected chi connectivity index (χ0v) is 12.9. The molecule has 1 aromatic heterocycles. The Morgan fingerprint density at radius 1 is 1.15 bits per heavy atom. The molecule has 1 aromatic rings. The molecule has 0 radical (unpaired) electrons. The zero-order valence-electron chi connectivity index (χ0n) is 12.9. The van der Waals surface area contributed by atoms with E-state index in [-0.39, 0.29) is 0 Å². The number of fused-ring (bicyclic) bond motifs is 1. The average molecular weight is 273 g/mol. The third-order valence-electron chi connectivity index (χ3n) is 5.42. The lowest BCUT2D eigenvalue weighted by atomic mass is 9.85. The Balaban J connectivity index is 1.83. The maximum atomic E-state index is 5.83. The Kier molecular flexibility index (Phi) is 4.06. The first-order valence-corrected chi connectivity index (χ1v) is 8.27. The van der Waals surface area contributed by atoms with E-state index in [1.807, 2.05) is 0 Å². The number of rotatable bonds is 3. The Bertz CT molecular complexity index is 483. The van der Waals surface area contributed by atoms with Gasteiger partial charge in [0.15, 0.2) is 0 Å². The number of hydrogen-bond acceptors (Lipinski definition) is 3. The highest BCUT2D eigenvalue weighted by atomic mass is 14.9. The van der Waals surface area contributed by atoms with Crippen LogP contribution in [-0.4, -0.2) is 16.5 Å². The van der Waals surface area contributed by atoms with Crippen molar-refractivity contribution < 1.29 is 0 Å². The predicted molar refractivity (Wildman–Crippen MR) is 81.7 cm³/mol. The van der Waals surface area contributed by atoms with Crippen molar-refractivity contribution in [2.45, 2.75) is 64.7 Å². The minimum atomic E-state index is 0.608. The van der Waals surface area contributed by atoms with Crippen molar-refractivity contribution in [1.82, 2.24) is 9.97 Å². The lowest BCUT2D eigenvalue weighted by Gasteiger charge is -2.25. The Morgan fingerprint density at radius 3 is 2.70 bits per heavy atom. The number of nitrogens with zero attached hydrogens (tertiary/aromatic N) is 2. The second-order valence-corrected chi connectivity index (χ2v) is 6.72. The molecule has 1 fully saturated rings. The van der Waals surface area contributed by atoms with Crippen LogP contribution in [0, 0.1) is 18.8 Å². The van der Waals surface area contributed by atoms with Crippen molar-refractivity contribution >= 4 is 0 Å². The molecule has 1 heterocycles. The molecule has 3 rings (SSSR count). The lowest BCUT2D eigenvalue weighted by molar-refractivity contribution is 0.455. The standard InChI is InChI=1S/C17H27N3/c1-3-12-4-6-14(8-12)17-19-11(2)15-9-13(10-18)5-7-16(15)20-17/h12-14H,3-10,18H2,1-2H3. The average Bonchev–Trinajstić information content (AvgIpc) is 2.96. The van der Waals surface area contributed by atoms with Crippen molar-refractivity contribution in [2.24, 2.45) is 17.6 Å². The van der Waals surface area contributed by atoms with Gasteiger partial charge in [-0.05, 0) is 69.4 Å². The van der Waals surface area contributed by atoms with E-state index in [1.54, 1.807) is 0 Å². The fourth-order valence-electron chi connectivity index (χ4n) is 3.95. The van der Waals surface area contributed by atoms with Crippen molar-refractivity contribution in [2.75, 3.05) is 6.54 Å². The highest BCUT2D eigenvalue weighted by Gasteiger charge is 2.29. The van der Waals surface area contributed by atoms with Crippen LogP contribution in [0.5, 0.6) is 0 Å². The minimum absolute atomic E-state index is 0.608. The number of nitrogens with two attached hydrogens (primary N) is 1. The molecule has 2 aliphatic carbocycles. The molecular weight excluding hydrogens is 246 g/mol. The van der Waals surface area contributed by atoms with Gasteiger partial charge >= 0.3 is 0 Å². The Hall–Kier alpha value is -0.960. The molecule has 0 aromatic carbocycles. The molecule has 0 bridgehead atoms. The second-order valence-electron chi connectivity index (χ2n) is 6.72. The topological polar surface area (TPSA) is 51.8 Å². The zero-order chi connectivity index (χ0) is 14.1. The van der Waals surface area contributed by atoms with Crippen molar-refractivity contribution in [3.63, 3.8) is 0 Å². The van der Waals surface area contributed by atoms with Gasteiger partial charge in [0, 0.05) is 17.3 Å². The number of aromatic nitrogens is 2. The van der Waals surface area contributed by atoms with Crippen LogP contribution in [0.1, 0.15) is 67.7 Å². The highest BCUT2D eigenvalue weighted by Crippen LogP contribution is 2.39. The fourth-order valence-corrected chi connectivity index (χ4v) is 3.95. The van der Waals surface area contributed by atoms with Crippen LogP contribution in [0.4, 0.5) is 0 Å². The molecule has 110 valence electrons. The molecular formula is C17H27N3. The first-order chi connectivity index (χ1) is 9.71. The van der Waals surface area contributed by atoms with Crippen LogP contribution >= 0.6 is 0 Å². The van der Waals surface area contributed by atoms with Gasteiger partial charge in [-0.3, -0.25) is 0 Å². The summed E-state index contributed by atoms with van der Waals surface area (Å²) in [4.78, 5) is 9.80. The Labute approximate surface area is 122 Å². The second kappa shape index (κ2) is 5.80. The largest absolute Gasteiger partial charge is 0.330 e. The maximum absolute atomic E-state index is 5.83. The molecule has 0 amide bonds. The van der Waals surface area contributed by atoms with E-state index in [4.69, 9.17) is 15.7 Å². The van der Waals surface area contributed by atoms with Crippen LogP contribution in [0.25, 0.3) is 0 Å². The van der Waals surface area contributed by atoms with Gasteiger partial charge in [-0.25, -0.2) is 9.97 Å². The summed E-state index contributed by atoms with van der Waals surface area (Å²) in [7, 11) is 0. The monoisotopic (exact) mass is 273 g/mol. The summed E-state index contributed by atoms with van der Waals surface area (Å²) in [5, 5.41) is 0. The van der Waals surface area contributed by atoms with Gasteiger partial charge < -0.3 is 5.73 Å². The van der Waals surface area contributed by atoms with Crippen LogP contribution in [0.15, 0.2) is 0 Å². The molecule has 3 unspecified atom stereocenters. The van der Waals surface area contributed by atoms with Crippen LogP contribution in [0.3, 0.4) is 0 Å². The summed E-state index contributed by atoms with van der Waals surface area (Å²) in [6, 6.07) is 0. The quantitative estimate of drug-likeness (QED) is 0.920. The van der Waals surface area contributed by atoms with Crippen LogP contribution in [0.2, 0.25) is 0 Å². The molecule has 1 saturated carbocycles. The van der Waals surface area contributed by atoms with Crippen molar-refractivity contribution in [1.29, 1.82) is 0 Å². The maximum Gasteiger partial charge on any atom is 0.131 e. The molecule has 0 spiro atoms. The highest BCUT2D eigenvalue weighted by molar-refractivity contribution is 5.29. The lowest BCUT2D eigenvalue weighted by Crippen LogP contribution is -2.25. The fraction of sp³-hybridized carbons (Fsp3) is 0.765. The van der Waals surface area contributed by atoms with Gasteiger partial charge in [-0.15, -0.1) is 0 Å². The first-order valence-electron chi connectivity index (χ1n) is 8.27. The molecule has 3 nitrogen and oxygen atoms in total. The summed E-state index contributed by atoms with van der Waals surface area (Å²) >= 11 is 0. The molecule has 3 heteroatoms. The van der Waals surface area contributed by atoms with Gasteiger partial charge in [-0.1, -0.05) is 13.3 Å². The molecule has 0 aliphatic heterocycles. The number of hydrogen-bond donors (Lipinski definition) is 1. The molecule has 2 aliphatic rings. The minimum Gasteiger partial charge on any atom is -0.330 e. The smallest absolute Gasteiger partial charge is 0.131 e. The summed E-state index contributed by atoms with van der Waals surface area (Å²) in [5.74, 6) is 3.26. The molecule has 0 saturated heterocycles. The van der Waals surface area contributed by atoms with Gasteiger partial charge in [0.05, 0.1) is 0 Å². The van der Waals surface area contributed by atoms with E-state index in [2.05, 4.69) is 13.8 Å². The van der Waals surface area contributed by atoms with Crippen molar-refractivity contribution in [3.05, 3.63) is 22.8 Å². The van der Waals surface area contributed by atoms with E-state index in [9.17, 15) is 0 Å². The Morgan fingerprint density at radius 2 is 2.00 bits per heavy atom. The first kappa shape index (κ1) is 14.0. The predicted octanol–water partition coefficient (Wildman–Crippen LogP) is 3.14. The van der Waals surface area contributed by atoms with Gasteiger partial charge in [0.1, 0.15) is 5.82 Å². The van der Waals surface area contributed by atoms with Crippen LogP contribution in [-0.2, 0) is 12.8 Å². The van der Waals surface area contributed by atoms with E-state index in [0.717, 1.165) is 31.1 Å². The third-order valence-corrected chi connectivity index (χ3v) is 5.42.